The first-order valence-corrected chi connectivity index (χ1v) is 8.89. The molecule has 2 rings (SSSR count). The third kappa shape index (κ3) is 5.19. The molecule has 0 heterocycles. The number of nitrogens with zero attached hydrogens (tertiary/aromatic N) is 2. The normalized spacial score (nSPS) is 10.6. The summed E-state index contributed by atoms with van der Waals surface area (Å²) < 4.78 is 16.0. The fraction of sp³-hybridized carbons (Fsp3) is 0.318. The summed E-state index contributed by atoms with van der Waals surface area (Å²) in [5.41, 5.74) is 2.98. The van der Waals surface area contributed by atoms with E-state index in [2.05, 4.69) is 0 Å². The molecule has 0 spiro atoms. The molecule has 0 aromatic heterocycles. The average molecular weight is 384 g/mol. The van der Waals surface area contributed by atoms with E-state index in [0.717, 1.165) is 16.8 Å². The van der Waals surface area contributed by atoms with Crippen LogP contribution in [0.1, 0.15) is 11.1 Å². The zero-order chi connectivity index (χ0) is 20.7. The second-order valence-corrected chi connectivity index (χ2v) is 6.55. The van der Waals surface area contributed by atoms with Crippen molar-refractivity contribution in [3.8, 4) is 17.2 Å². The summed E-state index contributed by atoms with van der Waals surface area (Å²) in [5, 5.41) is 0. The monoisotopic (exact) mass is 384 g/mol. The fourth-order valence-corrected chi connectivity index (χ4v) is 2.74. The molecule has 0 bridgehead atoms. The third-order valence-electron chi connectivity index (χ3n) is 4.35. The minimum atomic E-state index is -0.0922. The summed E-state index contributed by atoms with van der Waals surface area (Å²) in [5.74, 6) is 1.52. The maximum atomic E-state index is 12.5. The summed E-state index contributed by atoms with van der Waals surface area (Å²) >= 11 is 0. The molecule has 0 aliphatic rings. The Morgan fingerprint density at radius 1 is 0.929 bits per heavy atom. The Hall–Kier alpha value is -3.15. The van der Waals surface area contributed by atoms with E-state index in [1.165, 1.54) is 6.08 Å². The molecule has 2 aromatic carbocycles. The number of hydrogen-bond acceptors (Lipinski definition) is 5. The summed E-state index contributed by atoms with van der Waals surface area (Å²) in [4.78, 5) is 16.2. The first-order chi connectivity index (χ1) is 13.4. The van der Waals surface area contributed by atoms with Gasteiger partial charge in [-0.2, -0.15) is 0 Å². The Balaban J connectivity index is 2.09. The molecule has 150 valence electrons. The maximum Gasteiger partial charge on any atom is 0.246 e. The highest BCUT2D eigenvalue weighted by Crippen LogP contribution is 2.38. The van der Waals surface area contributed by atoms with Crippen molar-refractivity contribution in [2.45, 2.75) is 6.54 Å². The second kappa shape index (κ2) is 9.69. The average Bonchev–Trinajstić information content (AvgIpc) is 2.71. The smallest absolute Gasteiger partial charge is 0.246 e. The number of carbonyl (C=O) groups excluding carboxylic acids is 1. The molecule has 0 unspecified atom stereocenters. The quantitative estimate of drug-likeness (QED) is 0.653. The van der Waals surface area contributed by atoms with Gasteiger partial charge in [-0.1, -0.05) is 12.1 Å². The lowest BCUT2D eigenvalue weighted by molar-refractivity contribution is -0.125. The van der Waals surface area contributed by atoms with Gasteiger partial charge in [-0.05, 0) is 41.5 Å². The first-order valence-electron chi connectivity index (χ1n) is 8.89. The number of benzene rings is 2. The third-order valence-corrected chi connectivity index (χ3v) is 4.35. The number of rotatable bonds is 8. The highest BCUT2D eigenvalue weighted by molar-refractivity contribution is 5.91. The lowest BCUT2D eigenvalue weighted by Gasteiger charge is -2.17. The van der Waals surface area contributed by atoms with Crippen LogP contribution in [-0.4, -0.2) is 53.3 Å². The number of methoxy groups -OCH3 is 3. The van der Waals surface area contributed by atoms with Gasteiger partial charge in [0.25, 0.3) is 0 Å². The molecular weight excluding hydrogens is 356 g/mol. The second-order valence-electron chi connectivity index (χ2n) is 6.55. The van der Waals surface area contributed by atoms with E-state index in [-0.39, 0.29) is 5.91 Å². The Bertz CT molecular complexity index is 804. The van der Waals surface area contributed by atoms with Crippen molar-refractivity contribution in [1.82, 2.24) is 4.90 Å². The van der Waals surface area contributed by atoms with Crippen LogP contribution in [-0.2, 0) is 11.3 Å². The molecule has 0 N–H and O–H groups in total. The van der Waals surface area contributed by atoms with Gasteiger partial charge in [0, 0.05) is 39.5 Å². The zero-order valence-corrected chi connectivity index (χ0v) is 17.4. The van der Waals surface area contributed by atoms with Crippen molar-refractivity contribution in [2.24, 2.45) is 0 Å². The van der Waals surface area contributed by atoms with E-state index in [1.807, 2.05) is 43.3 Å². The summed E-state index contributed by atoms with van der Waals surface area (Å²) in [6.07, 6.45) is 3.27. The van der Waals surface area contributed by atoms with Crippen LogP contribution >= 0.6 is 0 Å². The molecule has 0 aliphatic carbocycles. The summed E-state index contributed by atoms with van der Waals surface area (Å²) in [7, 11) is 10.5. The van der Waals surface area contributed by atoms with Gasteiger partial charge in [-0.25, -0.2) is 0 Å². The molecule has 2 aromatic rings. The van der Waals surface area contributed by atoms with Gasteiger partial charge >= 0.3 is 0 Å². The molecule has 1 amide bonds. The van der Waals surface area contributed by atoms with Crippen molar-refractivity contribution in [2.75, 3.05) is 47.4 Å². The van der Waals surface area contributed by atoms with Crippen LogP contribution in [0.5, 0.6) is 17.2 Å². The Morgan fingerprint density at radius 2 is 1.50 bits per heavy atom. The first kappa shape index (κ1) is 21.2. The van der Waals surface area contributed by atoms with E-state index in [0.29, 0.717) is 23.8 Å². The number of ether oxygens (including phenoxy) is 3. The SMILES string of the molecule is COc1cc(/C=C/C(=O)N(C)Cc2ccc(N(C)C)cc2)cc(OC)c1OC. The van der Waals surface area contributed by atoms with Crippen molar-refractivity contribution >= 4 is 17.7 Å². The van der Waals surface area contributed by atoms with E-state index in [4.69, 9.17) is 14.2 Å². The Kier molecular flexibility index (Phi) is 7.32. The lowest BCUT2D eigenvalue weighted by Crippen LogP contribution is -2.24. The Morgan fingerprint density at radius 3 is 1.96 bits per heavy atom. The highest BCUT2D eigenvalue weighted by atomic mass is 16.5. The largest absolute Gasteiger partial charge is 0.493 e. The van der Waals surface area contributed by atoms with Crippen molar-refractivity contribution in [3.05, 3.63) is 53.6 Å². The van der Waals surface area contributed by atoms with Crippen LogP contribution in [0, 0.1) is 0 Å². The summed E-state index contributed by atoms with van der Waals surface area (Å²) in [6.45, 7) is 0.534. The van der Waals surface area contributed by atoms with Crippen molar-refractivity contribution in [1.29, 1.82) is 0 Å². The van der Waals surface area contributed by atoms with E-state index in [1.54, 1.807) is 51.5 Å². The molecule has 0 atom stereocenters. The highest BCUT2D eigenvalue weighted by Gasteiger charge is 2.12. The van der Waals surface area contributed by atoms with Crippen LogP contribution in [0.25, 0.3) is 6.08 Å². The van der Waals surface area contributed by atoms with Crippen molar-refractivity contribution < 1.29 is 19.0 Å². The van der Waals surface area contributed by atoms with Crippen LogP contribution < -0.4 is 19.1 Å². The molecule has 28 heavy (non-hydrogen) atoms. The van der Waals surface area contributed by atoms with Gasteiger partial charge in [-0.3, -0.25) is 4.79 Å². The van der Waals surface area contributed by atoms with Gasteiger partial charge in [0.1, 0.15) is 0 Å². The summed E-state index contributed by atoms with van der Waals surface area (Å²) in [6, 6.07) is 11.7. The number of amides is 1. The number of carbonyl (C=O) groups is 1. The van der Waals surface area contributed by atoms with E-state index in [9.17, 15) is 4.79 Å². The van der Waals surface area contributed by atoms with E-state index < -0.39 is 0 Å². The fourth-order valence-electron chi connectivity index (χ4n) is 2.74. The van der Waals surface area contributed by atoms with E-state index >= 15 is 0 Å². The molecule has 0 aliphatic heterocycles. The van der Waals surface area contributed by atoms with Crippen molar-refractivity contribution in [3.63, 3.8) is 0 Å². The topological polar surface area (TPSA) is 51.2 Å². The lowest BCUT2D eigenvalue weighted by atomic mass is 10.1. The minimum Gasteiger partial charge on any atom is -0.493 e. The molecular formula is C22H28N2O4. The molecule has 6 nitrogen and oxygen atoms in total. The zero-order valence-electron chi connectivity index (χ0n) is 17.4. The predicted molar refractivity (Wildman–Crippen MR) is 112 cm³/mol. The maximum absolute atomic E-state index is 12.5. The van der Waals surface area contributed by atoms with Crippen LogP contribution in [0.15, 0.2) is 42.5 Å². The van der Waals surface area contributed by atoms with Crippen LogP contribution in [0.2, 0.25) is 0 Å². The van der Waals surface area contributed by atoms with Gasteiger partial charge in [0.05, 0.1) is 21.3 Å². The number of likely N-dealkylation sites (N-methyl/N-ethyl adjacent to an activating group) is 1. The van der Waals surface area contributed by atoms with Crippen LogP contribution in [0.3, 0.4) is 0 Å². The minimum absolute atomic E-state index is 0.0922. The van der Waals surface area contributed by atoms with Gasteiger partial charge in [0.15, 0.2) is 11.5 Å². The Labute approximate surface area is 166 Å². The predicted octanol–water partition coefficient (Wildman–Crippen LogP) is 3.45. The standard InChI is InChI=1S/C22H28N2O4/c1-23(2)18-10-7-16(8-11-18)15-24(3)21(25)12-9-17-13-19(26-4)22(28-6)20(14-17)27-5/h7-14H,15H2,1-6H3/b12-9+. The molecule has 6 heteroatoms. The van der Waals surface area contributed by atoms with Gasteiger partial charge in [0.2, 0.25) is 11.7 Å². The number of anilines is 1. The number of hydrogen-bond donors (Lipinski definition) is 0. The molecule has 0 saturated carbocycles. The van der Waals surface area contributed by atoms with Crippen LogP contribution in [0.4, 0.5) is 5.69 Å². The van der Waals surface area contributed by atoms with Gasteiger partial charge in [-0.15, -0.1) is 0 Å². The molecule has 0 radical (unpaired) electrons. The van der Waals surface area contributed by atoms with Gasteiger partial charge < -0.3 is 24.0 Å². The molecule has 0 saturated heterocycles. The molecule has 0 fully saturated rings.